The highest BCUT2D eigenvalue weighted by Crippen LogP contribution is 2.02. The average Bonchev–Trinajstić information content (AvgIpc) is 2.07. The Bertz CT molecular complexity index is 267. The zero-order chi connectivity index (χ0) is 8.97. The van der Waals surface area contributed by atoms with Crippen molar-refractivity contribution in [2.24, 2.45) is 10.9 Å². The van der Waals surface area contributed by atoms with Gasteiger partial charge in [-0.05, 0) is 6.92 Å². The van der Waals surface area contributed by atoms with Crippen molar-refractivity contribution >= 4 is 5.71 Å². The van der Waals surface area contributed by atoms with Crippen molar-refractivity contribution in [2.45, 2.75) is 13.0 Å². The number of hydrogen-bond donors (Lipinski definition) is 2. The second-order valence-corrected chi connectivity index (χ2v) is 2.64. The summed E-state index contributed by atoms with van der Waals surface area (Å²) in [7, 11) is 0. The minimum atomic E-state index is -0.252. The van der Waals surface area contributed by atoms with Crippen LogP contribution in [0.2, 0.25) is 0 Å². The SMILES string of the molecule is CC(N)/C(=N\O)c1ccccc1. The van der Waals surface area contributed by atoms with Crippen LogP contribution < -0.4 is 5.73 Å². The van der Waals surface area contributed by atoms with E-state index in [9.17, 15) is 0 Å². The maximum Gasteiger partial charge on any atom is 0.103 e. The fourth-order valence-corrected chi connectivity index (χ4v) is 1.02. The number of benzene rings is 1. The van der Waals surface area contributed by atoms with E-state index in [1.165, 1.54) is 0 Å². The van der Waals surface area contributed by atoms with Crippen LogP contribution in [0.5, 0.6) is 0 Å². The molecular weight excluding hydrogens is 152 g/mol. The normalized spacial score (nSPS) is 14.3. The second-order valence-electron chi connectivity index (χ2n) is 2.64. The molecule has 0 bridgehead atoms. The molecule has 0 spiro atoms. The van der Waals surface area contributed by atoms with Crippen LogP contribution >= 0.6 is 0 Å². The summed E-state index contributed by atoms with van der Waals surface area (Å²) in [6.45, 7) is 1.78. The maximum absolute atomic E-state index is 8.66. The predicted octanol–water partition coefficient (Wildman–Crippen LogP) is 1.21. The monoisotopic (exact) mass is 164 g/mol. The van der Waals surface area contributed by atoms with Crippen molar-refractivity contribution in [1.29, 1.82) is 0 Å². The first-order chi connectivity index (χ1) is 5.75. The van der Waals surface area contributed by atoms with Crippen molar-refractivity contribution in [3.63, 3.8) is 0 Å². The lowest BCUT2D eigenvalue weighted by molar-refractivity contribution is 0.317. The van der Waals surface area contributed by atoms with Gasteiger partial charge in [0, 0.05) is 11.6 Å². The number of hydrogen-bond acceptors (Lipinski definition) is 3. The third kappa shape index (κ3) is 1.83. The molecule has 1 rings (SSSR count). The summed E-state index contributed by atoms with van der Waals surface area (Å²) in [6, 6.07) is 9.12. The Kier molecular flexibility index (Phi) is 2.82. The highest BCUT2D eigenvalue weighted by Gasteiger charge is 2.07. The van der Waals surface area contributed by atoms with E-state index in [1.54, 1.807) is 6.92 Å². The van der Waals surface area contributed by atoms with E-state index >= 15 is 0 Å². The summed E-state index contributed by atoms with van der Waals surface area (Å²) in [4.78, 5) is 0. The topological polar surface area (TPSA) is 58.6 Å². The molecule has 3 heteroatoms. The van der Waals surface area contributed by atoms with E-state index in [-0.39, 0.29) is 6.04 Å². The third-order valence-corrected chi connectivity index (χ3v) is 1.61. The molecule has 0 aromatic heterocycles. The standard InChI is InChI=1S/C9H12N2O/c1-7(10)9(11-12)8-5-3-2-4-6-8/h2-7,12H,10H2,1H3/b11-9+. The summed E-state index contributed by atoms with van der Waals surface area (Å²) in [6.07, 6.45) is 0. The number of nitrogens with zero attached hydrogens (tertiary/aromatic N) is 1. The number of oxime groups is 1. The van der Waals surface area contributed by atoms with Crippen LogP contribution in [0.3, 0.4) is 0 Å². The first-order valence-electron chi connectivity index (χ1n) is 3.78. The molecule has 1 atom stereocenters. The zero-order valence-corrected chi connectivity index (χ0v) is 6.94. The Morgan fingerprint density at radius 2 is 2.00 bits per heavy atom. The summed E-state index contributed by atoms with van der Waals surface area (Å²) in [5.41, 5.74) is 6.95. The van der Waals surface area contributed by atoms with Gasteiger partial charge >= 0.3 is 0 Å². The van der Waals surface area contributed by atoms with Crippen LogP contribution in [-0.4, -0.2) is 17.0 Å². The second kappa shape index (κ2) is 3.88. The zero-order valence-electron chi connectivity index (χ0n) is 6.94. The molecular formula is C9H12N2O. The van der Waals surface area contributed by atoms with Crippen LogP contribution in [0.15, 0.2) is 35.5 Å². The van der Waals surface area contributed by atoms with Crippen molar-refractivity contribution in [2.75, 3.05) is 0 Å². The summed E-state index contributed by atoms with van der Waals surface area (Å²) < 4.78 is 0. The Morgan fingerprint density at radius 3 is 2.42 bits per heavy atom. The molecule has 1 aromatic rings. The van der Waals surface area contributed by atoms with Gasteiger partial charge in [-0.15, -0.1) is 0 Å². The molecule has 0 saturated heterocycles. The van der Waals surface area contributed by atoms with E-state index in [0.717, 1.165) is 5.56 Å². The molecule has 64 valence electrons. The van der Waals surface area contributed by atoms with Crippen LogP contribution in [0.1, 0.15) is 12.5 Å². The largest absolute Gasteiger partial charge is 0.411 e. The molecule has 0 radical (unpaired) electrons. The van der Waals surface area contributed by atoms with E-state index in [0.29, 0.717) is 5.71 Å². The average molecular weight is 164 g/mol. The Hall–Kier alpha value is -1.35. The van der Waals surface area contributed by atoms with Gasteiger partial charge in [0.15, 0.2) is 0 Å². The van der Waals surface area contributed by atoms with Gasteiger partial charge in [-0.3, -0.25) is 0 Å². The van der Waals surface area contributed by atoms with Crippen molar-refractivity contribution in [3.8, 4) is 0 Å². The van der Waals surface area contributed by atoms with Crippen LogP contribution in [0.4, 0.5) is 0 Å². The van der Waals surface area contributed by atoms with Crippen LogP contribution in [0, 0.1) is 0 Å². The first kappa shape index (κ1) is 8.74. The quantitative estimate of drug-likeness (QED) is 0.392. The van der Waals surface area contributed by atoms with Gasteiger partial charge in [0.05, 0.1) is 0 Å². The van der Waals surface area contributed by atoms with Gasteiger partial charge in [-0.2, -0.15) is 0 Å². The van der Waals surface area contributed by atoms with Crippen LogP contribution in [-0.2, 0) is 0 Å². The highest BCUT2D eigenvalue weighted by atomic mass is 16.4. The van der Waals surface area contributed by atoms with Gasteiger partial charge in [0.25, 0.3) is 0 Å². The smallest absolute Gasteiger partial charge is 0.103 e. The molecule has 3 N–H and O–H groups in total. The number of nitrogens with two attached hydrogens (primary N) is 1. The maximum atomic E-state index is 8.66. The lowest BCUT2D eigenvalue weighted by Gasteiger charge is -2.06. The van der Waals surface area contributed by atoms with Gasteiger partial charge in [0.1, 0.15) is 5.71 Å². The Labute approximate surface area is 71.5 Å². The van der Waals surface area contributed by atoms with E-state index in [2.05, 4.69) is 5.16 Å². The fourth-order valence-electron chi connectivity index (χ4n) is 1.02. The van der Waals surface area contributed by atoms with Crippen molar-refractivity contribution in [3.05, 3.63) is 35.9 Å². The third-order valence-electron chi connectivity index (χ3n) is 1.61. The minimum absolute atomic E-state index is 0.252. The van der Waals surface area contributed by atoms with Gasteiger partial charge in [0.2, 0.25) is 0 Å². The van der Waals surface area contributed by atoms with E-state index < -0.39 is 0 Å². The molecule has 0 aliphatic carbocycles. The summed E-state index contributed by atoms with van der Waals surface area (Å²) in [5.74, 6) is 0. The molecule has 0 aliphatic rings. The first-order valence-corrected chi connectivity index (χ1v) is 3.78. The molecule has 0 fully saturated rings. The van der Waals surface area contributed by atoms with Gasteiger partial charge in [-0.1, -0.05) is 35.5 Å². The summed E-state index contributed by atoms with van der Waals surface area (Å²) in [5, 5.41) is 11.8. The van der Waals surface area contributed by atoms with Gasteiger partial charge < -0.3 is 10.9 Å². The summed E-state index contributed by atoms with van der Waals surface area (Å²) >= 11 is 0. The molecule has 0 aliphatic heterocycles. The fraction of sp³-hybridized carbons (Fsp3) is 0.222. The van der Waals surface area contributed by atoms with Crippen molar-refractivity contribution < 1.29 is 5.21 Å². The molecule has 1 aromatic carbocycles. The Balaban J connectivity index is 2.97. The molecule has 12 heavy (non-hydrogen) atoms. The molecule has 1 unspecified atom stereocenters. The predicted molar refractivity (Wildman–Crippen MR) is 48.4 cm³/mol. The lowest BCUT2D eigenvalue weighted by Crippen LogP contribution is -2.27. The van der Waals surface area contributed by atoms with Crippen molar-refractivity contribution in [1.82, 2.24) is 0 Å². The molecule has 0 heterocycles. The highest BCUT2D eigenvalue weighted by molar-refractivity contribution is 6.03. The lowest BCUT2D eigenvalue weighted by atomic mass is 10.1. The molecule has 0 saturated carbocycles. The minimum Gasteiger partial charge on any atom is -0.411 e. The van der Waals surface area contributed by atoms with E-state index in [1.807, 2.05) is 30.3 Å². The number of rotatable bonds is 2. The van der Waals surface area contributed by atoms with Gasteiger partial charge in [-0.25, -0.2) is 0 Å². The molecule has 3 nitrogen and oxygen atoms in total. The molecule has 0 amide bonds. The van der Waals surface area contributed by atoms with E-state index in [4.69, 9.17) is 10.9 Å². The van der Waals surface area contributed by atoms with Crippen LogP contribution in [0.25, 0.3) is 0 Å². The Morgan fingerprint density at radius 1 is 1.42 bits per heavy atom.